The molecule has 24 heavy (non-hydrogen) atoms. The number of pyridine rings is 1. The monoisotopic (exact) mass is 323 g/mol. The molecule has 0 aliphatic carbocycles. The Morgan fingerprint density at radius 2 is 2.00 bits per heavy atom. The molecule has 0 spiro atoms. The molecule has 3 rings (SSSR count). The van der Waals surface area contributed by atoms with Crippen LogP contribution in [0.1, 0.15) is 16.1 Å². The standard InChI is InChI=1S/C16H13N5O3/c1-11-9-15(18-16(22)12-3-2-8-17-10-12)20(19-11)13-4-6-14(7-5-13)21(23)24/h2-10H,1H3,(H,18,22). The highest BCUT2D eigenvalue weighted by Gasteiger charge is 2.13. The first-order valence-electron chi connectivity index (χ1n) is 7.07. The molecule has 1 amide bonds. The summed E-state index contributed by atoms with van der Waals surface area (Å²) in [6.07, 6.45) is 3.05. The van der Waals surface area contributed by atoms with E-state index in [9.17, 15) is 14.9 Å². The molecule has 0 bridgehead atoms. The number of aromatic nitrogens is 3. The van der Waals surface area contributed by atoms with E-state index in [1.165, 1.54) is 23.0 Å². The average molecular weight is 323 g/mol. The maximum Gasteiger partial charge on any atom is 0.269 e. The summed E-state index contributed by atoms with van der Waals surface area (Å²) >= 11 is 0. The molecule has 2 aromatic heterocycles. The number of amides is 1. The van der Waals surface area contributed by atoms with E-state index in [1.54, 1.807) is 43.5 Å². The van der Waals surface area contributed by atoms with Gasteiger partial charge in [0.05, 0.1) is 21.9 Å². The predicted molar refractivity (Wildman–Crippen MR) is 87.1 cm³/mol. The molecule has 2 heterocycles. The first-order valence-corrected chi connectivity index (χ1v) is 7.07. The molecule has 0 fully saturated rings. The Labute approximate surface area is 136 Å². The zero-order valence-corrected chi connectivity index (χ0v) is 12.7. The SMILES string of the molecule is Cc1cc(NC(=O)c2cccnc2)n(-c2ccc([N+](=O)[O-])cc2)n1. The van der Waals surface area contributed by atoms with Crippen LogP contribution in [0.2, 0.25) is 0 Å². The van der Waals surface area contributed by atoms with Gasteiger partial charge in [0, 0.05) is 30.6 Å². The zero-order valence-electron chi connectivity index (χ0n) is 12.7. The average Bonchev–Trinajstić information content (AvgIpc) is 2.96. The molecular weight excluding hydrogens is 310 g/mol. The van der Waals surface area contributed by atoms with Gasteiger partial charge in [0.2, 0.25) is 0 Å². The third kappa shape index (κ3) is 3.12. The molecule has 0 saturated carbocycles. The molecule has 0 atom stereocenters. The second kappa shape index (κ2) is 6.29. The Bertz CT molecular complexity index is 888. The topological polar surface area (TPSA) is 103 Å². The Hall–Kier alpha value is -3.55. The number of carbonyl (C=O) groups excluding carboxylic acids is 1. The van der Waals surface area contributed by atoms with Crippen molar-refractivity contribution >= 4 is 17.4 Å². The van der Waals surface area contributed by atoms with Crippen molar-refractivity contribution in [1.29, 1.82) is 0 Å². The van der Waals surface area contributed by atoms with Crippen molar-refractivity contribution in [3.05, 3.63) is 76.2 Å². The van der Waals surface area contributed by atoms with Crippen LogP contribution in [0.25, 0.3) is 5.69 Å². The second-order valence-corrected chi connectivity index (χ2v) is 5.05. The number of non-ortho nitro benzene ring substituents is 1. The van der Waals surface area contributed by atoms with Crippen molar-refractivity contribution in [2.45, 2.75) is 6.92 Å². The molecule has 120 valence electrons. The third-order valence-corrected chi connectivity index (χ3v) is 3.30. The number of carbonyl (C=O) groups is 1. The van der Waals surface area contributed by atoms with Crippen LogP contribution < -0.4 is 5.32 Å². The van der Waals surface area contributed by atoms with E-state index in [0.29, 0.717) is 22.8 Å². The van der Waals surface area contributed by atoms with E-state index in [1.807, 2.05) is 0 Å². The minimum absolute atomic E-state index is 0.0106. The number of benzene rings is 1. The highest BCUT2D eigenvalue weighted by Crippen LogP contribution is 2.20. The number of hydrogen-bond donors (Lipinski definition) is 1. The Kier molecular flexibility index (Phi) is 4.02. The van der Waals surface area contributed by atoms with Gasteiger partial charge in [-0.05, 0) is 31.2 Å². The van der Waals surface area contributed by atoms with Crippen molar-refractivity contribution in [2.24, 2.45) is 0 Å². The highest BCUT2D eigenvalue weighted by atomic mass is 16.6. The van der Waals surface area contributed by atoms with Crippen molar-refractivity contribution in [2.75, 3.05) is 5.32 Å². The lowest BCUT2D eigenvalue weighted by atomic mass is 10.2. The van der Waals surface area contributed by atoms with Gasteiger partial charge in [0.15, 0.2) is 0 Å². The fraction of sp³-hybridized carbons (Fsp3) is 0.0625. The van der Waals surface area contributed by atoms with Crippen LogP contribution in [-0.2, 0) is 0 Å². The zero-order chi connectivity index (χ0) is 17.1. The molecule has 8 nitrogen and oxygen atoms in total. The number of nitro benzene ring substituents is 1. The van der Waals surface area contributed by atoms with Crippen LogP contribution in [0.5, 0.6) is 0 Å². The summed E-state index contributed by atoms with van der Waals surface area (Å²) in [5, 5.41) is 17.8. The minimum atomic E-state index is -0.469. The molecule has 0 saturated heterocycles. The van der Waals surface area contributed by atoms with Crippen molar-refractivity contribution in [3.63, 3.8) is 0 Å². The van der Waals surface area contributed by atoms with Crippen LogP contribution in [0.3, 0.4) is 0 Å². The van der Waals surface area contributed by atoms with E-state index in [-0.39, 0.29) is 11.6 Å². The summed E-state index contributed by atoms with van der Waals surface area (Å²) in [4.78, 5) is 26.5. The van der Waals surface area contributed by atoms with Gasteiger partial charge in [-0.25, -0.2) is 4.68 Å². The molecule has 8 heteroatoms. The maximum absolute atomic E-state index is 12.3. The Morgan fingerprint density at radius 1 is 1.25 bits per heavy atom. The van der Waals surface area contributed by atoms with E-state index in [2.05, 4.69) is 15.4 Å². The first kappa shape index (κ1) is 15.3. The largest absolute Gasteiger partial charge is 0.306 e. The molecule has 0 aliphatic rings. The quantitative estimate of drug-likeness (QED) is 0.587. The summed E-state index contributed by atoms with van der Waals surface area (Å²) in [5.74, 6) is 0.154. The van der Waals surface area contributed by atoms with Crippen LogP contribution >= 0.6 is 0 Å². The van der Waals surface area contributed by atoms with Gasteiger partial charge in [-0.3, -0.25) is 19.9 Å². The van der Waals surface area contributed by atoms with Crippen LogP contribution in [-0.4, -0.2) is 25.6 Å². The van der Waals surface area contributed by atoms with E-state index in [0.717, 1.165) is 0 Å². The Balaban J connectivity index is 1.90. The fourth-order valence-electron chi connectivity index (χ4n) is 2.19. The maximum atomic E-state index is 12.3. The highest BCUT2D eigenvalue weighted by molar-refractivity contribution is 6.03. The van der Waals surface area contributed by atoms with Gasteiger partial charge in [-0.2, -0.15) is 5.10 Å². The third-order valence-electron chi connectivity index (χ3n) is 3.30. The lowest BCUT2D eigenvalue weighted by Gasteiger charge is -2.08. The normalized spacial score (nSPS) is 10.4. The van der Waals surface area contributed by atoms with E-state index in [4.69, 9.17) is 0 Å². The lowest BCUT2D eigenvalue weighted by molar-refractivity contribution is -0.384. The summed E-state index contributed by atoms with van der Waals surface area (Å²) in [5.41, 5.74) is 1.72. The number of aryl methyl sites for hydroxylation is 1. The van der Waals surface area contributed by atoms with Crippen LogP contribution in [0.15, 0.2) is 54.9 Å². The van der Waals surface area contributed by atoms with Gasteiger partial charge >= 0.3 is 0 Å². The summed E-state index contributed by atoms with van der Waals surface area (Å²) in [6, 6.07) is 11.0. The molecule has 1 N–H and O–H groups in total. The number of nitrogens with one attached hydrogen (secondary N) is 1. The Morgan fingerprint density at radius 3 is 2.62 bits per heavy atom. The molecule has 0 unspecified atom stereocenters. The van der Waals surface area contributed by atoms with E-state index < -0.39 is 4.92 Å². The predicted octanol–water partition coefficient (Wildman–Crippen LogP) is 2.74. The van der Waals surface area contributed by atoms with E-state index >= 15 is 0 Å². The van der Waals surface area contributed by atoms with Gasteiger partial charge < -0.3 is 5.32 Å². The molecular formula is C16H13N5O3. The minimum Gasteiger partial charge on any atom is -0.306 e. The van der Waals surface area contributed by atoms with Gasteiger partial charge in [0.1, 0.15) is 5.82 Å². The molecule has 1 aromatic carbocycles. The van der Waals surface area contributed by atoms with Gasteiger partial charge in [-0.1, -0.05) is 0 Å². The first-order chi connectivity index (χ1) is 11.5. The number of rotatable bonds is 4. The molecule has 0 radical (unpaired) electrons. The summed E-state index contributed by atoms with van der Waals surface area (Å²) in [6.45, 7) is 1.79. The second-order valence-electron chi connectivity index (χ2n) is 5.05. The van der Waals surface area contributed by atoms with Crippen LogP contribution in [0.4, 0.5) is 11.5 Å². The molecule has 0 aliphatic heterocycles. The molecule has 3 aromatic rings. The van der Waals surface area contributed by atoms with Gasteiger partial charge in [-0.15, -0.1) is 0 Å². The van der Waals surface area contributed by atoms with Crippen molar-refractivity contribution in [3.8, 4) is 5.69 Å². The number of nitro groups is 1. The fourth-order valence-corrected chi connectivity index (χ4v) is 2.19. The number of nitrogens with zero attached hydrogens (tertiary/aromatic N) is 4. The smallest absolute Gasteiger partial charge is 0.269 e. The summed E-state index contributed by atoms with van der Waals surface area (Å²) in [7, 11) is 0. The summed E-state index contributed by atoms with van der Waals surface area (Å²) < 4.78 is 1.52. The van der Waals surface area contributed by atoms with Crippen LogP contribution in [0, 0.1) is 17.0 Å². The number of anilines is 1. The van der Waals surface area contributed by atoms with Gasteiger partial charge in [0.25, 0.3) is 11.6 Å². The lowest BCUT2D eigenvalue weighted by Crippen LogP contribution is -2.15. The van der Waals surface area contributed by atoms with Crippen molar-refractivity contribution in [1.82, 2.24) is 14.8 Å². The van der Waals surface area contributed by atoms with Crippen molar-refractivity contribution < 1.29 is 9.72 Å². The number of hydrogen-bond acceptors (Lipinski definition) is 5.